The van der Waals surface area contributed by atoms with E-state index in [0.29, 0.717) is 6.54 Å². The Labute approximate surface area is 141 Å². The van der Waals surface area contributed by atoms with Crippen LogP contribution in [0.15, 0.2) is 47.3 Å². The number of benzene rings is 2. The van der Waals surface area contributed by atoms with Gasteiger partial charge in [-0.1, -0.05) is 31.5 Å². The van der Waals surface area contributed by atoms with Crippen molar-refractivity contribution in [1.29, 1.82) is 0 Å². The lowest BCUT2D eigenvalue weighted by atomic mass is 10.0. The first-order valence-electron chi connectivity index (χ1n) is 8.34. The molecule has 3 aromatic rings. The number of unbranched alkanes of at least 4 members (excludes halogenated alkanes) is 1. The van der Waals surface area contributed by atoms with Crippen LogP contribution >= 0.6 is 0 Å². The van der Waals surface area contributed by atoms with Gasteiger partial charge in [-0.3, -0.25) is 9.59 Å². The molecule has 0 spiro atoms. The summed E-state index contributed by atoms with van der Waals surface area (Å²) in [7, 11) is 1.76. The predicted molar refractivity (Wildman–Crippen MR) is 99.7 cm³/mol. The Balaban J connectivity index is 2.36. The van der Waals surface area contributed by atoms with Crippen LogP contribution in [0.5, 0.6) is 0 Å². The fourth-order valence-corrected chi connectivity index (χ4v) is 3.06. The molecule has 0 aliphatic rings. The largest absolute Gasteiger partial charge is 0.316 e. The number of hydrogen-bond acceptors (Lipinski definition) is 2. The first kappa shape index (κ1) is 16.2. The van der Waals surface area contributed by atoms with Crippen LogP contribution in [-0.2, 0) is 11.3 Å². The van der Waals surface area contributed by atoms with Gasteiger partial charge < -0.3 is 9.47 Å². The third kappa shape index (κ3) is 2.68. The van der Waals surface area contributed by atoms with Crippen molar-refractivity contribution in [2.75, 3.05) is 11.9 Å². The summed E-state index contributed by atoms with van der Waals surface area (Å²) in [6.45, 7) is 4.37. The van der Waals surface area contributed by atoms with Crippen molar-refractivity contribution in [3.8, 4) is 0 Å². The number of aromatic nitrogens is 1. The Hall–Kier alpha value is -2.62. The molecule has 1 amide bonds. The Morgan fingerprint density at radius 1 is 1.08 bits per heavy atom. The average molecular weight is 322 g/mol. The highest BCUT2D eigenvalue weighted by molar-refractivity contribution is 6.07. The highest BCUT2D eigenvalue weighted by Crippen LogP contribution is 2.27. The minimum Gasteiger partial charge on any atom is -0.316 e. The van der Waals surface area contributed by atoms with Crippen molar-refractivity contribution in [2.45, 2.75) is 33.2 Å². The zero-order valence-corrected chi connectivity index (χ0v) is 14.4. The van der Waals surface area contributed by atoms with Crippen molar-refractivity contribution < 1.29 is 4.79 Å². The topological polar surface area (TPSA) is 42.3 Å². The highest BCUT2D eigenvalue weighted by Gasteiger charge is 2.13. The molecule has 4 heteroatoms. The van der Waals surface area contributed by atoms with Gasteiger partial charge in [0.15, 0.2) is 0 Å². The number of amides is 1. The number of nitrogens with zero attached hydrogens (tertiary/aromatic N) is 2. The van der Waals surface area contributed by atoms with E-state index in [9.17, 15) is 9.59 Å². The molecule has 0 aliphatic heterocycles. The molecule has 124 valence electrons. The van der Waals surface area contributed by atoms with E-state index < -0.39 is 0 Å². The molecule has 1 aromatic heterocycles. The molecule has 0 N–H and O–H groups in total. The van der Waals surface area contributed by atoms with Crippen molar-refractivity contribution in [2.24, 2.45) is 0 Å². The van der Waals surface area contributed by atoms with E-state index in [-0.39, 0.29) is 11.5 Å². The van der Waals surface area contributed by atoms with E-state index in [1.165, 1.54) is 0 Å². The summed E-state index contributed by atoms with van der Waals surface area (Å²) in [5.41, 5.74) is 1.81. The Kier molecular flexibility index (Phi) is 4.38. The molecule has 0 unspecified atom stereocenters. The number of fused-ring (bicyclic) bond motifs is 3. The minimum absolute atomic E-state index is 0.0158. The van der Waals surface area contributed by atoms with Crippen LogP contribution in [-0.4, -0.2) is 17.5 Å². The first-order valence-corrected chi connectivity index (χ1v) is 8.34. The fraction of sp³-hybridized carbons (Fsp3) is 0.300. The van der Waals surface area contributed by atoms with Gasteiger partial charge in [0.25, 0.3) is 5.56 Å². The third-order valence-electron chi connectivity index (χ3n) is 4.56. The van der Waals surface area contributed by atoms with Gasteiger partial charge in [0.1, 0.15) is 0 Å². The van der Waals surface area contributed by atoms with Gasteiger partial charge in [0.05, 0.1) is 5.52 Å². The van der Waals surface area contributed by atoms with Crippen LogP contribution in [0.25, 0.3) is 21.7 Å². The van der Waals surface area contributed by atoms with Gasteiger partial charge >= 0.3 is 0 Å². The maximum atomic E-state index is 12.9. The zero-order chi connectivity index (χ0) is 17.3. The van der Waals surface area contributed by atoms with Crippen molar-refractivity contribution in [1.82, 2.24) is 4.57 Å². The summed E-state index contributed by atoms with van der Waals surface area (Å²) in [4.78, 5) is 26.2. The van der Waals surface area contributed by atoms with Crippen LogP contribution in [0.1, 0.15) is 26.7 Å². The fourth-order valence-electron chi connectivity index (χ4n) is 3.06. The van der Waals surface area contributed by atoms with Crippen LogP contribution in [0.4, 0.5) is 5.69 Å². The molecular formula is C20H22N2O2. The average Bonchev–Trinajstić information content (AvgIpc) is 2.60. The number of rotatable bonds is 4. The summed E-state index contributed by atoms with van der Waals surface area (Å²) < 4.78 is 1.86. The lowest BCUT2D eigenvalue weighted by molar-refractivity contribution is -0.116. The molecule has 24 heavy (non-hydrogen) atoms. The standard InChI is InChI=1S/C20H22N2O2/c1-4-5-12-22-19-11-10-15(21(3)14(2)23)13-18(19)16-8-6-7-9-17(16)20(22)24/h6-11,13H,4-5,12H2,1-3H3. The minimum atomic E-state index is -0.0158. The molecule has 0 radical (unpaired) electrons. The van der Waals surface area contributed by atoms with E-state index >= 15 is 0 Å². The Morgan fingerprint density at radius 2 is 1.79 bits per heavy atom. The lowest BCUT2D eigenvalue weighted by Gasteiger charge is -2.18. The molecular weight excluding hydrogens is 300 g/mol. The van der Waals surface area contributed by atoms with Crippen LogP contribution in [0.2, 0.25) is 0 Å². The molecule has 0 atom stereocenters. The molecule has 0 fully saturated rings. The number of aryl methyl sites for hydroxylation is 1. The van der Waals surface area contributed by atoms with E-state index in [1.54, 1.807) is 18.9 Å². The summed E-state index contributed by atoms with van der Waals surface area (Å²) in [5, 5.41) is 2.67. The van der Waals surface area contributed by atoms with Crippen LogP contribution in [0, 0.1) is 0 Å². The van der Waals surface area contributed by atoms with E-state index in [1.807, 2.05) is 47.0 Å². The van der Waals surface area contributed by atoms with Crippen LogP contribution < -0.4 is 10.5 Å². The van der Waals surface area contributed by atoms with Gasteiger partial charge in [0, 0.05) is 37.0 Å². The number of hydrogen-bond donors (Lipinski definition) is 0. The molecule has 1 heterocycles. The van der Waals surface area contributed by atoms with E-state index in [4.69, 9.17) is 0 Å². The predicted octanol–water partition coefficient (Wildman–Crippen LogP) is 3.94. The normalized spacial score (nSPS) is 11.1. The maximum absolute atomic E-state index is 12.9. The van der Waals surface area contributed by atoms with Crippen LogP contribution in [0.3, 0.4) is 0 Å². The highest BCUT2D eigenvalue weighted by atomic mass is 16.2. The maximum Gasteiger partial charge on any atom is 0.258 e. The second kappa shape index (κ2) is 6.48. The molecule has 0 saturated heterocycles. The SMILES string of the molecule is CCCCn1c(=O)c2ccccc2c2cc(N(C)C(C)=O)ccc21. The quantitative estimate of drug-likeness (QED) is 0.683. The summed E-state index contributed by atoms with van der Waals surface area (Å²) in [6, 6.07) is 13.5. The van der Waals surface area contributed by atoms with Gasteiger partial charge in [0.2, 0.25) is 5.91 Å². The van der Waals surface area contributed by atoms with Gasteiger partial charge in [-0.25, -0.2) is 0 Å². The smallest absolute Gasteiger partial charge is 0.258 e. The van der Waals surface area contributed by atoms with Gasteiger partial charge in [-0.2, -0.15) is 0 Å². The summed E-state index contributed by atoms with van der Waals surface area (Å²) >= 11 is 0. The van der Waals surface area contributed by atoms with Crippen molar-refractivity contribution in [3.63, 3.8) is 0 Å². The molecule has 2 aromatic carbocycles. The number of pyridine rings is 1. The van der Waals surface area contributed by atoms with Crippen molar-refractivity contribution in [3.05, 3.63) is 52.8 Å². The molecule has 4 nitrogen and oxygen atoms in total. The van der Waals surface area contributed by atoms with Gasteiger partial charge in [-0.15, -0.1) is 0 Å². The molecule has 0 aliphatic carbocycles. The Bertz CT molecular complexity index is 972. The monoisotopic (exact) mass is 322 g/mol. The van der Waals surface area contributed by atoms with Crippen molar-refractivity contribution >= 4 is 33.3 Å². The number of carbonyl (C=O) groups is 1. The zero-order valence-electron chi connectivity index (χ0n) is 14.4. The first-order chi connectivity index (χ1) is 11.5. The summed E-state index contributed by atoms with van der Waals surface area (Å²) in [6.07, 6.45) is 1.99. The number of anilines is 1. The Morgan fingerprint density at radius 3 is 2.46 bits per heavy atom. The summed E-state index contributed by atoms with van der Waals surface area (Å²) in [5.74, 6) is -0.0158. The van der Waals surface area contributed by atoms with Gasteiger partial charge in [-0.05, 0) is 36.1 Å². The second-order valence-corrected chi connectivity index (χ2v) is 6.14. The lowest BCUT2D eigenvalue weighted by Crippen LogP contribution is -2.23. The second-order valence-electron chi connectivity index (χ2n) is 6.14. The number of carbonyl (C=O) groups excluding carboxylic acids is 1. The third-order valence-corrected chi connectivity index (χ3v) is 4.56. The molecule has 0 saturated carbocycles. The van der Waals surface area contributed by atoms with E-state index in [0.717, 1.165) is 40.2 Å². The van der Waals surface area contributed by atoms with E-state index in [2.05, 4.69) is 6.92 Å². The molecule has 3 rings (SSSR count). The molecule has 0 bridgehead atoms.